The molecule has 1 aliphatic heterocycles. The molecule has 0 bridgehead atoms. The van der Waals surface area contributed by atoms with Gasteiger partial charge in [0, 0.05) is 13.1 Å². The molecule has 1 aliphatic carbocycles. The Morgan fingerprint density at radius 1 is 1.19 bits per heavy atom. The number of rotatable bonds is 3. The topological polar surface area (TPSA) is 44.1 Å². The number of carbonyl (C=O) groups excluding carboxylic acids is 1. The fraction of sp³-hybridized carbons (Fsp3) is 0.583. The molecule has 2 aliphatic rings. The monoisotopic (exact) mass is 368 g/mol. The quantitative estimate of drug-likeness (QED) is 0.670. The van der Waals surface area contributed by atoms with Gasteiger partial charge in [-0.05, 0) is 36.9 Å². The molecule has 0 atom stereocenters. The van der Waals surface area contributed by atoms with Gasteiger partial charge in [-0.1, -0.05) is 82.4 Å². The molecule has 1 saturated carbocycles. The Hall–Kier alpha value is -1.92. The van der Waals surface area contributed by atoms with E-state index in [0.29, 0.717) is 0 Å². The standard InChI is InChI=1S/C13H17N.C7H14.C4H5NO/c1-2-14-10-8-13(9-11-14)12-6-4-3-5-7-12;1-7-5-3-2-4-6-7;1-4(6)2-3-5/h3-8H,2,9-11H2,1H3;7H,2-6H2,1H3;2H2,1H3. The van der Waals surface area contributed by atoms with Gasteiger partial charge >= 0.3 is 0 Å². The van der Waals surface area contributed by atoms with Crippen LogP contribution in [0.3, 0.4) is 0 Å². The van der Waals surface area contributed by atoms with Crippen LogP contribution in [-0.4, -0.2) is 30.3 Å². The van der Waals surface area contributed by atoms with E-state index in [4.69, 9.17) is 5.26 Å². The molecular weight excluding hydrogens is 332 g/mol. The Morgan fingerprint density at radius 3 is 2.22 bits per heavy atom. The summed E-state index contributed by atoms with van der Waals surface area (Å²) in [6.45, 7) is 9.46. The van der Waals surface area contributed by atoms with Crippen LogP contribution in [0.5, 0.6) is 0 Å². The highest BCUT2D eigenvalue weighted by atomic mass is 16.1. The molecule has 0 amide bonds. The normalized spacial score (nSPS) is 17.3. The summed E-state index contributed by atoms with van der Waals surface area (Å²) in [6.07, 6.45) is 11.0. The second-order valence-corrected chi connectivity index (χ2v) is 7.52. The van der Waals surface area contributed by atoms with Crippen LogP contribution in [0, 0.1) is 17.2 Å². The summed E-state index contributed by atoms with van der Waals surface area (Å²) in [5.74, 6) is 0.964. The zero-order valence-corrected chi connectivity index (χ0v) is 17.4. The van der Waals surface area contributed by atoms with Crippen LogP contribution >= 0.6 is 0 Å². The summed E-state index contributed by atoms with van der Waals surface area (Å²) in [7, 11) is 0. The van der Waals surface area contributed by atoms with Crippen molar-refractivity contribution >= 4 is 11.4 Å². The molecule has 3 nitrogen and oxygen atoms in total. The smallest absolute Gasteiger partial charge is 0.143 e. The molecule has 1 aromatic rings. The van der Waals surface area contributed by atoms with Gasteiger partial charge in [0.25, 0.3) is 0 Å². The van der Waals surface area contributed by atoms with Crippen LogP contribution in [0.25, 0.3) is 5.57 Å². The molecule has 0 unspecified atom stereocenters. The molecule has 0 saturated heterocycles. The Balaban J connectivity index is 0.000000235. The number of likely N-dealkylation sites (N-methyl/N-ethyl adjacent to an activating group) is 1. The van der Waals surface area contributed by atoms with Crippen LogP contribution in [0.15, 0.2) is 36.4 Å². The number of nitrogens with zero attached hydrogens (tertiary/aromatic N) is 2. The van der Waals surface area contributed by atoms with Gasteiger partial charge in [-0.25, -0.2) is 0 Å². The maximum absolute atomic E-state index is 9.82. The Morgan fingerprint density at radius 2 is 1.85 bits per heavy atom. The van der Waals surface area contributed by atoms with Gasteiger partial charge in [0.15, 0.2) is 0 Å². The highest BCUT2D eigenvalue weighted by molar-refractivity contribution is 5.77. The number of nitriles is 1. The van der Waals surface area contributed by atoms with E-state index >= 15 is 0 Å². The second-order valence-electron chi connectivity index (χ2n) is 7.52. The molecule has 0 N–H and O–H groups in total. The van der Waals surface area contributed by atoms with Crippen molar-refractivity contribution in [3.8, 4) is 6.07 Å². The maximum atomic E-state index is 9.82. The summed E-state index contributed by atoms with van der Waals surface area (Å²) in [4.78, 5) is 12.3. The highest BCUT2D eigenvalue weighted by Crippen LogP contribution is 2.22. The number of benzene rings is 1. The lowest BCUT2D eigenvalue weighted by atomic mass is 9.91. The average molecular weight is 369 g/mol. The van der Waals surface area contributed by atoms with Crippen molar-refractivity contribution in [3.05, 3.63) is 42.0 Å². The first-order chi connectivity index (χ1) is 13.1. The predicted octanol–water partition coefficient (Wildman–Crippen LogP) is 5.87. The van der Waals surface area contributed by atoms with Gasteiger partial charge in [0.1, 0.15) is 5.78 Å². The zero-order chi connectivity index (χ0) is 19.9. The Kier molecular flexibility index (Phi) is 12.1. The first kappa shape index (κ1) is 23.1. The zero-order valence-electron chi connectivity index (χ0n) is 17.4. The van der Waals surface area contributed by atoms with Crippen LogP contribution in [0.4, 0.5) is 0 Å². The van der Waals surface area contributed by atoms with Gasteiger partial charge in [0.05, 0.1) is 12.5 Å². The van der Waals surface area contributed by atoms with Crippen LogP contribution in [0.1, 0.15) is 71.3 Å². The van der Waals surface area contributed by atoms with E-state index in [2.05, 4.69) is 55.2 Å². The highest BCUT2D eigenvalue weighted by Gasteiger charge is 2.10. The molecule has 0 spiro atoms. The van der Waals surface area contributed by atoms with Crippen LogP contribution < -0.4 is 0 Å². The molecule has 27 heavy (non-hydrogen) atoms. The number of hydrogen-bond acceptors (Lipinski definition) is 3. The Bertz CT molecular complexity index is 595. The number of ketones is 1. The van der Waals surface area contributed by atoms with Crippen molar-refractivity contribution in [2.24, 2.45) is 5.92 Å². The second kappa shape index (κ2) is 14.2. The van der Waals surface area contributed by atoms with Gasteiger partial charge in [-0.3, -0.25) is 9.69 Å². The molecule has 3 heteroatoms. The lowest BCUT2D eigenvalue weighted by Gasteiger charge is -2.24. The number of Topliss-reactive ketones (excluding diaryl/α,β-unsaturated/α-hetero) is 1. The van der Waals surface area contributed by atoms with Crippen molar-refractivity contribution in [1.29, 1.82) is 5.26 Å². The van der Waals surface area contributed by atoms with E-state index < -0.39 is 0 Å². The molecule has 1 aromatic carbocycles. The predicted molar refractivity (Wildman–Crippen MR) is 114 cm³/mol. The van der Waals surface area contributed by atoms with Crippen molar-refractivity contribution < 1.29 is 4.79 Å². The fourth-order valence-corrected chi connectivity index (χ4v) is 3.33. The minimum atomic E-state index is -0.0718. The molecule has 1 fully saturated rings. The van der Waals surface area contributed by atoms with Gasteiger partial charge in [-0.2, -0.15) is 5.26 Å². The minimum Gasteiger partial charge on any atom is -0.300 e. The van der Waals surface area contributed by atoms with E-state index in [-0.39, 0.29) is 12.2 Å². The number of carbonyl (C=O) groups is 1. The van der Waals surface area contributed by atoms with E-state index in [9.17, 15) is 4.79 Å². The maximum Gasteiger partial charge on any atom is 0.143 e. The van der Waals surface area contributed by atoms with E-state index in [1.807, 2.05) is 0 Å². The van der Waals surface area contributed by atoms with Crippen LogP contribution in [0.2, 0.25) is 0 Å². The molecule has 3 rings (SSSR count). The average Bonchev–Trinajstić information content (AvgIpc) is 2.70. The lowest BCUT2D eigenvalue weighted by Crippen LogP contribution is -2.27. The Labute approximate surface area is 166 Å². The van der Waals surface area contributed by atoms with E-state index in [1.165, 1.54) is 69.7 Å². The van der Waals surface area contributed by atoms with Crippen molar-refractivity contribution in [1.82, 2.24) is 4.90 Å². The summed E-state index contributed by atoms with van der Waals surface area (Å²) in [6, 6.07) is 12.4. The van der Waals surface area contributed by atoms with E-state index in [0.717, 1.165) is 12.5 Å². The SMILES string of the molecule is CC(=O)CC#N.CC1CCCCC1.CCN1CC=C(c2ccccc2)CC1. The fourth-order valence-electron chi connectivity index (χ4n) is 3.33. The summed E-state index contributed by atoms with van der Waals surface area (Å²) in [5.41, 5.74) is 2.90. The van der Waals surface area contributed by atoms with Crippen LogP contribution in [-0.2, 0) is 4.79 Å². The minimum absolute atomic E-state index is 0.0417. The molecular formula is C24H36N2O. The molecule has 148 valence electrons. The molecule has 0 radical (unpaired) electrons. The molecule has 1 heterocycles. The van der Waals surface area contributed by atoms with Crippen molar-refractivity contribution in [2.75, 3.05) is 19.6 Å². The van der Waals surface area contributed by atoms with Gasteiger partial charge < -0.3 is 0 Å². The van der Waals surface area contributed by atoms with Gasteiger partial charge in [-0.15, -0.1) is 0 Å². The summed E-state index contributed by atoms with van der Waals surface area (Å²) in [5, 5.41) is 7.77. The number of hydrogen-bond donors (Lipinski definition) is 0. The van der Waals surface area contributed by atoms with E-state index in [1.54, 1.807) is 6.07 Å². The first-order valence-corrected chi connectivity index (χ1v) is 10.4. The third kappa shape index (κ3) is 10.7. The summed E-state index contributed by atoms with van der Waals surface area (Å²) < 4.78 is 0. The van der Waals surface area contributed by atoms with Crippen molar-refractivity contribution in [3.63, 3.8) is 0 Å². The third-order valence-electron chi connectivity index (χ3n) is 5.11. The van der Waals surface area contributed by atoms with Gasteiger partial charge in [0.2, 0.25) is 0 Å². The first-order valence-electron chi connectivity index (χ1n) is 10.4. The lowest BCUT2D eigenvalue weighted by molar-refractivity contribution is -0.116. The largest absolute Gasteiger partial charge is 0.300 e. The molecule has 0 aromatic heterocycles. The van der Waals surface area contributed by atoms with Crippen molar-refractivity contribution in [2.45, 2.75) is 65.7 Å². The summed E-state index contributed by atoms with van der Waals surface area (Å²) >= 11 is 0. The third-order valence-corrected chi connectivity index (χ3v) is 5.11.